The molecule has 39 heavy (non-hydrogen) atoms. The van der Waals surface area contributed by atoms with Crippen LogP contribution in [-0.2, 0) is 6.42 Å². The van der Waals surface area contributed by atoms with E-state index in [-0.39, 0.29) is 17.9 Å². The van der Waals surface area contributed by atoms with Crippen LogP contribution in [0.15, 0.2) is 77.8 Å². The van der Waals surface area contributed by atoms with Crippen molar-refractivity contribution in [3.8, 4) is 0 Å². The molecule has 0 spiro atoms. The molecule has 2 nitrogen and oxygen atoms in total. The summed E-state index contributed by atoms with van der Waals surface area (Å²) < 4.78 is 14.8. The van der Waals surface area contributed by atoms with Crippen LogP contribution in [0.3, 0.4) is 0 Å². The molecule has 1 aliphatic heterocycles. The van der Waals surface area contributed by atoms with Gasteiger partial charge in [0.15, 0.2) is 0 Å². The lowest BCUT2D eigenvalue weighted by Crippen LogP contribution is -2.36. The summed E-state index contributed by atoms with van der Waals surface area (Å²) in [4.78, 5) is 6.32. The molecule has 2 unspecified atom stereocenters. The highest BCUT2D eigenvalue weighted by molar-refractivity contribution is 7.18. The normalized spacial score (nSPS) is 26.4. The summed E-state index contributed by atoms with van der Waals surface area (Å²) in [6, 6.07) is 8.60. The van der Waals surface area contributed by atoms with Crippen molar-refractivity contribution in [2.24, 2.45) is 5.92 Å². The lowest BCUT2D eigenvalue weighted by molar-refractivity contribution is 0.626. The molecular formula is C35H41FN2S. The highest BCUT2D eigenvalue weighted by Crippen LogP contribution is 2.51. The van der Waals surface area contributed by atoms with Gasteiger partial charge in [0.1, 0.15) is 17.0 Å². The molecule has 0 saturated heterocycles. The van der Waals surface area contributed by atoms with Gasteiger partial charge in [-0.25, -0.2) is 4.39 Å². The summed E-state index contributed by atoms with van der Waals surface area (Å²) in [6.07, 6.45) is 20.8. The van der Waals surface area contributed by atoms with E-state index in [0.29, 0.717) is 12.8 Å². The maximum atomic E-state index is 14.8. The van der Waals surface area contributed by atoms with Crippen LogP contribution in [0.2, 0.25) is 0 Å². The predicted molar refractivity (Wildman–Crippen MR) is 169 cm³/mol. The molecule has 0 N–H and O–H groups in total. The number of hydrogen-bond donors (Lipinski definition) is 0. The van der Waals surface area contributed by atoms with Gasteiger partial charge in [0.2, 0.25) is 0 Å². The highest BCUT2D eigenvalue weighted by atomic mass is 32.1. The van der Waals surface area contributed by atoms with Crippen LogP contribution in [0.4, 0.5) is 15.1 Å². The van der Waals surface area contributed by atoms with Crippen molar-refractivity contribution in [2.45, 2.75) is 72.9 Å². The van der Waals surface area contributed by atoms with Crippen molar-refractivity contribution in [3.63, 3.8) is 0 Å². The maximum Gasteiger partial charge on any atom is 0.121 e. The molecular weight excluding hydrogens is 499 g/mol. The minimum Gasteiger partial charge on any atom is -0.352 e. The first-order valence-corrected chi connectivity index (χ1v) is 15.2. The SMILES string of the molecule is CCC(=C(\C)F)/C1=c2\cccc\c2=C(/C(C)=C/N2c3sc4c(c3N(C)C2C)CCCC=C4)C(C)/C=C\C=C/C1. The summed E-state index contributed by atoms with van der Waals surface area (Å²) in [7, 11) is 2.23. The Labute approximate surface area is 237 Å². The number of halogens is 1. The van der Waals surface area contributed by atoms with Gasteiger partial charge in [0.05, 0.1) is 5.69 Å². The first-order chi connectivity index (χ1) is 18.8. The largest absolute Gasteiger partial charge is 0.352 e. The van der Waals surface area contributed by atoms with Crippen LogP contribution >= 0.6 is 11.3 Å². The monoisotopic (exact) mass is 540 g/mol. The van der Waals surface area contributed by atoms with Crippen LogP contribution in [-0.4, -0.2) is 13.2 Å². The molecule has 204 valence electrons. The van der Waals surface area contributed by atoms with Crippen molar-refractivity contribution in [1.29, 1.82) is 0 Å². The third-order valence-electron chi connectivity index (χ3n) is 8.47. The topological polar surface area (TPSA) is 6.48 Å². The summed E-state index contributed by atoms with van der Waals surface area (Å²) in [5, 5.41) is 3.68. The lowest BCUT2D eigenvalue weighted by Gasteiger charge is -2.27. The quantitative estimate of drug-likeness (QED) is 0.384. The molecule has 0 amide bonds. The second-order valence-corrected chi connectivity index (χ2v) is 12.0. The standard InChI is InChI=1S/C35H41FN2S/c1-7-27(25(4)36)28-17-11-8-10-16-23(2)33(30-19-15-14-18-29(28)30)24(3)22-38-26(5)37(6)34-31-20-12-9-13-21-32(31)39-35(34)38/h8,10-11,13-16,18-19,21-23,26H,7,9,12,17,20H2,1-6H3/b11-8-,16-10-,24-22+,27-25-,29-28+,33-30+. The van der Waals surface area contributed by atoms with Crippen LogP contribution in [0.1, 0.15) is 70.7 Å². The average molecular weight is 541 g/mol. The van der Waals surface area contributed by atoms with Gasteiger partial charge in [0.25, 0.3) is 0 Å². The molecule has 2 atom stereocenters. The van der Waals surface area contributed by atoms with Crippen molar-refractivity contribution in [3.05, 3.63) is 98.7 Å². The summed E-state index contributed by atoms with van der Waals surface area (Å²) in [5.74, 6) is 0.114. The molecule has 2 aromatic rings. The highest BCUT2D eigenvalue weighted by Gasteiger charge is 2.35. The Balaban J connectivity index is 1.75. The molecule has 3 aliphatic rings. The Kier molecular flexibility index (Phi) is 8.13. The van der Waals surface area contributed by atoms with E-state index in [2.05, 4.69) is 111 Å². The Bertz CT molecular complexity index is 1530. The Morgan fingerprint density at radius 3 is 2.62 bits per heavy atom. The third-order valence-corrected chi connectivity index (χ3v) is 9.67. The number of anilines is 2. The number of rotatable bonds is 4. The first kappa shape index (κ1) is 27.5. The second-order valence-electron chi connectivity index (χ2n) is 11.0. The number of allylic oxidation sites excluding steroid dienone is 8. The smallest absolute Gasteiger partial charge is 0.121 e. The second kappa shape index (κ2) is 11.6. The van der Waals surface area contributed by atoms with Crippen molar-refractivity contribution in [2.75, 3.05) is 16.8 Å². The Morgan fingerprint density at radius 1 is 1.10 bits per heavy atom. The molecule has 4 heteroatoms. The van der Waals surface area contributed by atoms with Gasteiger partial charge in [0, 0.05) is 24.0 Å². The van der Waals surface area contributed by atoms with Gasteiger partial charge in [-0.2, -0.15) is 0 Å². The van der Waals surface area contributed by atoms with E-state index < -0.39 is 0 Å². The maximum absolute atomic E-state index is 14.8. The number of hydrogen-bond acceptors (Lipinski definition) is 3. The Hall–Kier alpha value is -3.11. The molecule has 0 fully saturated rings. The molecule has 0 saturated carbocycles. The number of fused-ring (bicyclic) bond motifs is 4. The van der Waals surface area contributed by atoms with Gasteiger partial charge in [-0.05, 0) is 97.2 Å². The molecule has 1 aromatic carbocycles. The fraction of sp³-hybridized carbons (Fsp3) is 0.371. The van der Waals surface area contributed by atoms with E-state index in [0.717, 1.165) is 29.2 Å². The molecule has 0 radical (unpaired) electrons. The van der Waals surface area contributed by atoms with Crippen molar-refractivity contribution in [1.82, 2.24) is 0 Å². The number of nitrogens with zero attached hydrogens (tertiary/aromatic N) is 2. The van der Waals surface area contributed by atoms with Crippen molar-refractivity contribution >= 4 is 39.2 Å². The average Bonchev–Trinajstić information content (AvgIpc) is 3.25. The van der Waals surface area contributed by atoms with E-state index in [1.54, 1.807) is 6.92 Å². The fourth-order valence-electron chi connectivity index (χ4n) is 6.40. The van der Waals surface area contributed by atoms with E-state index in [1.165, 1.54) is 43.9 Å². The lowest BCUT2D eigenvalue weighted by atomic mass is 9.88. The van der Waals surface area contributed by atoms with E-state index in [4.69, 9.17) is 0 Å². The zero-order valence-corrected chi connectivity index (χ0v) is 25.0. The van der Waals surface area contributed by atoms with Crippen molar-refractivity contribution < 1.29 is 4.39 Å². The predicted octanol–water partition coefficient (Wildman–Crippen LogP) is 8.41. The molecule has 0 bridgehead atoms. The Morgan fingerprint density at radius 2 is 1.87 bits per heavy atom. The number of benzene rings is 1. The van der Waals surface area contributed by atoms with E-state index in [1.807, 2.05) is 11.3 Å². The van der Waals surface area contributed by atoms with Crippen LogP contribution in [0, 0.1) is 5.92 Å². The zero-order chi connectivity index (χ0) is 27.7. The fourth-order valence-corrected chi connectivity index (χ4v) is 7.77. The summed E-state index contributed by atoms with van der Waals surface area (Å²) in [5.41, 5.74) is 7.35. The van der Waals surface area contributed by atoms with Gasteiger partial charge in [-0.3, -0.25) is 0 Å². The van der Waals surface area contributed by atoms with Gasteiger partial charge in [-0.15, -0.1) is 11.3 Å². The third kappa shape index (κ3) is 5.12. The molecule has 2 aliphatic carbocycles. The molecule has 2 heterocycles. The van der Waals surface area contributed by atoms with E-state index in [9.17, 15) is 4.39 Å². The van der Waals surface area contributed by atoms with Crippen LogP contribution < -0.4 is 20.2 Å². The van der Waals surface area contributed by atoms with E-state index >= 15 is 0 Å². The van der Waals surface area contributed by atoms with Gasteiger partial charge < -0.3 is 9.80 Å². The van der Waals surface area contributed by atoms with Crippen LogP contribution in [0.5, 0.6) is 0 Å². The summed E-state index contributed by atoms with van der Waals surface area (Å²) >= 11 is 1.92. The molecule has 1 aromatic heterocycles. The minimum atomic E-state index is -0.0851. The zero-order valence-electron chi connectivity index (χ0n) is 24.2. The van der Waals surface area contributed by atoms with Gasteiger partial charge in [-0.1, -0.05) is 68.5 Å². The van der Waals surface area contributed by atoms with Gasteiger partial charge >= 0.3 is 0 Å². The number of thiophene rings is 1. The molecule has 5 rings (SSSR count). The summed E-state index contributed by atoms with van der Waals surface area (Å²) in [6.45, 7) is 10.5. The van der Waals surface area contributed by atoms with Crippen LogP contribution in [0.25, 0.3) is 17.2 Å². The first-order valence-electron chi connectivity index (χ1n) is 14.4. The minimum absolute atomic E-state index is 0.0851.